The molecule has 0 spiro atoms. The first kappa shape index (κ1) is 17.3. The summed E-state index contributed by atoms with van der Waals surface area (Å²) in [6.45, 7) is 1.48. The monoisotopic (exact) mass is 355 g/mol. The van der Waals surface area contributed by atoms with Gasteiger partial charge in [-0.25, -0.2) is 9.59 Å². The normalized spacial score (nSPS) is 11.8. The smallest absolute Gasteiger partial charge is 0.338 e. The Balaban J connectivity index is 1.64. The van der Waals surface area contributed by atoms with Crippen LogP contribution in [0.2, 0.25) is 0 Å². The number of hydrogen-bond donors (Lipinski definition) is 3. The Kier molecular flexibility index (Phi) is 4.74. The van der Waals surface area contributed by atoms with Crippen LogP contribution in [0.3, 0.4) is 0 Å². The number of benzene rings is 2. The summed E-state index contributed by atoms with van der Waals surface area (Å²) in [5.41, 5.74) is 1.66. The number of nitrogens with one attached hydrogen (secondary N) is 3. The average Bonchev–Trinajstić information content (AvgIpc) is 3.00. The number of anilines is 1. The van der Waals surface area contributed by atoms with Gasteiger partial charge in [-0.1, -0.05) is 0 Å². The van der Waals surface area contributed by atoms with Crippen LogP contribution in [0.5, 0.6) is 5.75 Å². The topological polar surface area (TPSA) is 113 Å². The van der Waals surface area contributed by atoms with Crippen molar-refractivity contribution in [1.82, 2.24) is 9.97 Å². The van der Waals surface area contributed by atoms with Crippen LogP contribution in [-0.2, 0) is 9.53 Å². The molecule has 0 fully saturated rings. The molecule has 0 saturated heterocycles. The van der Waals surface area contributed by atoms with Crippen LogP contribution in [0.15, 0.2) is 47.3 Å². The predicted molar refractivity (Wildman–Crippen MR) is 95.4 cm³/mol. The third-order valence-corrected chi connectivity index (χ3v) is 3.76. The maximum Gasteiger partial charge on any atom is 0.338 e. The molecule has 8 nitrogen and oxygen atoms in total. The minimum Gasteiger partial charge on any atom is -0.497 e. The van der Waals surface area contributed by atoms with E-state index in [1.165, 1.54) is 14.0 Å². The molecule has 2 aromatic carbocycles. The summed E-state index contributed by atoms with van der Waals surface area (Å²) in [6.07, 6.45) is -0.995. The first-order valence-electron chi connectivity index (χ1n) is 7.84. The number of hydrogen-bond acceptors (Lipinski definition) is 5. The molecule has 1 atom stereocenters. The molecule has 3 rings (SSSR count). The number of H-pyrrole nitrogens is 2. The summed E-state index contributed by atoms with van der Waals surface area (Å²) in [7, 11) is 1.53. The molecule has 26 heavy (non-hydrogen) atoms. The van der Waals surface area contributed by atoms with Gasteiger partial charge in [0.1, 0.15) is 5.75 Å². The molecule has 1 heterocycles. The molecular formula is C18H17N3O5. The second-order valence-corrected chi connectivity index (χ2v) is 5.60. The zero-order valence-corrected chi connectivity index (χ0v) is 14.2. The lowest BCUT2D eigenvalue weighted by molar-refractivity contribution is -0.123. The number of aromatic nitrogens is 2. The number of imidazole rings is 1. The highest BCUT2D eigenvalue weighted by atomic mass is 16.5. The summed E-state index contributed by atoms with van der Waals surface area (Å²) in [6, 6.07) is 11.3. The predicted octanol–water partition coefficient (Wildman–Crippen LogP) is 2.05. The van der Waals surface area contributed by atoms with Gasteiger partial charge in [-0.3, -0.25) is 4.79 Å². The van der Waals surface area contributed by atoms with Gasteiger partial charge >= 0.3 is 11.7 Å². The van der Waals surface area contributed by atoms with Crippen LogP contribution in [0, 0.1) is 0 Å². The summed E-state index contributed by atoms with van der Waals surface area (Å²) in [5, 5.41) is 2.65. The largest absolute Gasteiger partial charge is 0.497 e. The van der Waals surface area contributed by atoms with Gasteiger partial charge in [0.25, 0.3) is 5.91 Å². The van der Waals surface area contributed by atoms with Crippen LogP contribution in [-0.4, -0.2) is 35.1 Å². The van der Waals surface area contributed by atoms with Crippen molar-refractivity contribution in [3.8, 4) is 5.75 Å². The van der Waals surface area contributed by atoms with Gasteiger partial charge in [-0.2, -0.15) is 0 Å². The number of methoxy groups -OCH3 is 1. The molecule has 3 N–H and O–H groups in total. The van der Waals surface area contributed by atoms with Gasteiger partial charge in [-0.05, 0) is 49.4 Å². The summed E-state index contributed by atoms with van der Waals surface area (Å²) >= 11 is 0. The molecule has 0 aliphatic carbocycles. The van der Waals surface area contributed by atoms with Crippen molar-refractivity contribution in [3.63, 3.8) is 0 Å². The van der Waals surface area contributed by atoms with Gasteiger partial charge in [0, 0.05) is 5.69 Å². The molecule has 1 aromatic heterocycles. The molecule has 1 unspecified atom stereocenters. The van der Waals surface area contributed by atoms with E-state index >= 15 is 0 Å². The van der Waals surface area contributed by atoms with Gasteiger partial charge in [0.15, 0.2) is 6.10 Å². The lowest BCUT2D eigenvalue weighted by atomic mass is 10.2. The van der Waals surface area contributed by atoms with Gasteiger partial charge < -0.3 is 24.8 Å². The first-order valence-corrected chi connectivity index (χ1v) is 7.84. The van der Waals surface area contributed by atoms with E-state index in [4.69, 9.17) is 9.47 Å². The highest BCUT2D eigenvalue weighted by Crippen LogP contribution is 2.16. The second kappa shape index (κ2) is 7.14. The zero-order chi connectivity index (χ0) is 18.7. The fourth-order valence-electron chi connectivity index (χ4n) is 2.36. The highest BCUT2D eigenvalue weighted by molar-refractivity contribution is 5.98. The summed E-state index contributed by atoms with van der Waals surface area (Å²) < 4.78 is 10.2. The Bertz CT molecular complexity index is 1000. The number of rotatable bonds is 5. The molecular weight excluding hydrogens is 338 g/mol. The maximum atomic E-state index is 12.2. The van der Waals surface area contributed by atoms with Crippen molar-refractivity contribution in [1.29, 1.82) is 0 Å². The minimum absolute atomic E-state index is 0.316. The SMILES string of the molecule is COc1ccc(C(=O)OC(C)C(=O)Nc2ccc3[nH]c(=O)[nH]c3c2)cc1. The fraction of sp³-hybridized carbons (Fsp3) is 0.167. The molecule has 0 aliphatic rings. The Labute approximate surface area is 148 Å². The van der Waals surface area contributed by atoms with E-state index in [-0.39, 0.29) is 5.69 Å². The number of esters is 1. The number of carbonyl (C=O) groups excluding carboxylic acids is 2. The van der Waals surface area contributed by atoms with Crippen LogP contribution in [0.4, 0.5) is 5.69 Å². The van der Waals surface area contributed by atoms with Crippen molar-refractivity contribution in [2.24, 2.45) is 0 Å². The van der Waals surface area contributed by atoms with E-state index in [1.54, 1.807) is 42.5 Å². The van der Waals surface area contributed by atoms with Crippen LogP contribution in [0.1, 0.15) is 17.3 Å². The Hall–Kier alpha value is -3.55. The van der Waals surface area contributed by atoms with Crippen molar-refractivity contribution < 1.29 is 19.1 Å². The van der Waals surface area contributed by atoms with E-state index in [0.29, 0.717) is 28.0 Å². The number of aromatic amines is 2. The number of fused-ring (bicyclic) bond motifs is 1. The van der Waals surface area contributed by atoms with E-state index in [2.05, 4.69) is 15.3 Å². The molecule has 3 aromatic rings. The first-order chi connectivity index (χ1) is 12.5. The van der Waals surface area contributed by atoms with Gasteiger partial charge in [0.05, 0.1) is 23.7 Å². The van der Waals surface area contributed by atoms with Gasteiger partial charge in [-0.15, -0.1) is 0 Å². The van der Waals surface area contributed by atoms with Crippen molar-refractivity contribution in [2.45, 2.75) is 13.0 Å². The lowest BCUT2D eigenvalue weighted by Gasteiger charge is -2.13. The quantitative estimate of drug-likeness (QED) is 0.606. The van der Waals surface area contributed by atoms with Crippen LogP contribution in [0.25, 0.3) is 11.0 Å². The van der Waals surface area contributed by atoms with Crippen molar-refractivity contribution in [3.05, 3.63) is 58.5 Å². The van der Waals surface area contributed by atoms with E-state index in [9.17, 15) is 14.4 Å². The number of amides is 1. The van der Waals surface area contributed by atoms with E-state index in [1.807, 2.05) is 0 Å². The summed E-state index contributed by atoms with van der Waals surface area (Å²) in [4.78, 5) is 40.8. The summed E-state index contributed by atoms with van der Waals surface area (Å²) in [5.74, 6) is -0.477. The fourth-order valence-corrected chi connectivity index (χ4v) is 2.36. The molecule has 134 valence electrons. The van der Waals surface area contributed by atoms with Gasteiger partial charge in [0.2, 0.25) is 0 Å². The molecule has 1 amide bonds. The molecule has 8 heteroatoms. The third kappa shape index (κ3) is 3.75. The lowest BCUT2D eigenvalue weighted by Crippen LogP contribution is -2.30. The van der Waals surface area contributed by atoms with Crippen molar-refractivity contribution >= 4 is 28.6 Å². The molecule has 0 saturated carbocycles. The standard InChI is InChI=1S/C18H17N3O5/c1-10(26-17(23)11-3-6-13(25-2)7-4-11)16(22)19-12-5-8-14-15(9-12)21-18(24)20-14/h3-10H,1-2H3,(H,19,22)(H2,20,21,24). The second-order valence-electron chi connectivity index (χ2n) is 5.60. The highest BCUT2D eigenvalue weighted by Gasteiger charge is 2.19. The molecule has 0 aliphatic heterocycles. The minimum atomic E-state index is -0.995. The van der Waals surface area contributed by atoms with E-state index in [0.717, 1.165) is 0 Å². The van der Waals surface area contributed by atoms with Crippen molar-refractivity contribution in [2.75, 3.05) is 12.4 Å². The van der Waals surface area contributed by atoms with E-state index < -0.39 is 18.0 Å². The Morgan fingerprint density at radius 3 is 2.42 bits per heavy atom. The number of ether oxygens (including phenoxy) is 2. The zero-order valence-electron chi connectivity index (χ0n) is 14.2. The van der Waals surface area contributed by atoms with Crippen LogP contribution < -0.4 is 15.7 Å². The third-order valence-electron chi connectivity index (χ3n) is 3.76. The Morgan fingerprint density at radius 1 is 1.04 bits per heavy atom. The molecule has 0 radical (unpaired) electrons. The Morgan fingerprint density at radius 2 is 1.73 bits per heavy atom. The maximum absolute atomic E-state index is 12.2. The molecule has 0 bridgehead atoms. The average molecular weight is 355 g/mol. The van der Waals surface area contributed by atoms with Crippen LogP contribution >= 0.6 is 0 Å². The number of carbonyl (C=O) groups is 2.